The topological polar surface area (TPSA) is 85.1 Å². The molecule has 3 aromatic rings. The van der Waals surface area contributed by atoms with Crippen LogP contribution in [-0.2, 0) is 6.54 Å². The van der Waals surface area contributed by atoms with Gasteiger partial charge in [0.25, 0.3) is 0 Å². The number of benzene rings is 2. The van der Waals surface area contributed by atoms with E-state index in [1.165, 1.54) is 6.33 Å². The number of halogens is 2. The molecule has 134 valence electrons. The lowest BCUT2D eigenvalue weighted by Gasteiger charge is -2.15. The van der Waals surface area contributed by atoms with Crippen molar-refractivity contribution in [1.82, 2.24) is 9.97 Å². The number of anilines is 4. The van der Waals surface area contributed by atoms with Gasteiger partial charge in [0.15, 0.2) is 11.6 Å². The Bertz CT molecular complexity index is 920. The molecule has 0 aliphatic heterocycles. The Morgan fingerprint density at radius 1 is 1.08 bits per heavy atom. The molecule has 0 unspecified atom stereocenters. The average Bonchev–Trinajstić information content (AvgIpc) is 2.64. The van der Waals surface area contributed by atoms with E-state index in [0.717, 1.165) is 5.56 Å². The molecule has 0 saturated heterocycles. The average molecular weight is 390 g/mol. The first-order valence-electron chi connectivity index (χ1n) is 7.77. The molecule has 0 bridgehead atoms. The maximum Gasteiger partial charge on any atom is 0.159 e. The molecule has 0 atom stereocenters. The van der Waals surface area contributed by atoms with Gasteiger partial charge in [0.2, 0.25) is 0 Å². The van der Waals surface area contributed by atoms with Crippen molar-refractivity contribution in [1.29, 1.82) is 0 Å². The van der Waals surface area contributed by atoms with Crippen LogP contribution in [0.15, 0.2) is 48.8 Å². The number of hydrogen-bond donors (Lipinski definition) is 3. The fraction of sp³-hybridized carbons (Fsp3) is 0.111. The van der Waals surface area contributed by atoms with Crippen LogP contribution in [0.3, 0.4) is 0 Å². The number of ether oxygens (including phenoxy) is 1. The number of rotatable bonds is 6. The second-order valence-corrected chi connectivity index (χ2v) is 6.24. The van der Waals surface area contributed by atoms with Crippen molar-refractivity contribution in [3.8, 4) is 5.75 Å². The van der Waals surface area contributed by atoms with Gasteiger partial charge in [-0.25, -0.2) is 9.97 Å². The summed E-state index contributed by atoms with van der Waals surface area (Å²) in [5.41, 5.74) is 8.18. The molecule has 2 aromatic carbocycles. The summed E-state index contributed by atoms with van der Waals surface area (Å²) in [6.07, 6.45) is 1.42. The van der Waals surface area contributed by atoms with E-state index in [1.54, 1.807) is 25.3 Å². The predicted octanol–water partition coefficient (Wildman–Crippen LogP) is 4.73. The highest BCUT2D eigenvalue weighted by atomic mass is 35.5. The van der Waals surface area contributed by atoms with Gasteiger partial charge in [-0.15, -0.1) is 0 Å². The third-order valence-corrected chi connectivity index (χ3v) is 4.31. The molecular weight excluding hydrogens is 373 g/mol. The highest BCUT2D eigenvalue weighted by molar-refractivity contribution is 6.31. The first kappa shape index (κ1) is 18.1. The van der Waals surface area contributed by atoms with Crippen LogP contribution in [0.25, 0.3) is 0 Å². The van der Waals surface area contributed by atoms with Gasteiger partial charge in [-0.2, -0.15) is 0 Å². The SMILES string of the molecule is COc1ccc(Cl)cc1Nc1ncnc(NCc2ccccc2Cl)c1N. The summed E-state index contributed by atoms with van der Waals surface area (Å²) in [6.45, 7) is 0.487. The van der Waals surface area contributed by atoms with Crippen molar-refractivity contribution in [3.63, 3.8) is 0 Å². The summed E-state index contributed by atoms with van der Waals surface area (Å²) in [7, 11) is 1.58. The number of nitrogens with two attached hydrogens (primary N) is 1. The molecule has 3 rings (SSSR count). The Hall–Kier alpha value is -2.70. The Morgan fingerprint density at radius 3 is 2.62 bits per heavy atom. The van der Waals surface area contributed by atoms with Gasteiger partial charge in [-0.05, 0) is 29.8 Å². The summed E-state index contributed by atoms with van der Waals surface area (Å²) in [5, 5.41) is 7.55. The zero-order valence-corrected chi connectivity index (χ0v) is 15.5. The highest BCUT2D eigenvalue weighted by Gasteiger charge is 2.11. The monoisotopic (exact) mass is 389 g/mol. The van der Waals surface area contributed by atoms with E-state index in [0.29, 0.717) is 45.4 Å². The van der Waals surface area contributed by atoms with E-state index in [9.17, 15) is 0 Å². The summed E-state index contributed by atoms with van der Waals surface area (Å²) < 4.78 is 5.33. The van der Waals surface area contributed by atoms with Crippen molar-refractivity contribution in [2.45, 2.75) is 6.54 Å². The van der Waals surface area contributed by atoms with Crippen LogP contribution in [0.2, 0.25) is 10.0 Å². The van der Waals surface area contributed by atoms with Gasteiger partial charge < -0.3 is 21.1 Å². The van der Waals surface area contributed by atoms with Crippen LogP contribution >= 0.6 is 23.2 Å². The van der Waals surface area contributed by atoms with Crippen molar-refractivity contribution in [2.75, 3.05) is 23.5 Å². The lowest BCUT2D eigenvalue weighted by Crippen LogP contribution is -2.08. The lowest BCUT2D eigenvalue weighted by molar-refractivity contribution is 0.417. The van der Waals surface area contributed by atoms with Crippen LogP contribution in [0.5, 0.6) is 5.75 Å². The second kappa shape index (κ2) is 8.12. The van der Waals surface area contributed by atoms with Gasteiger partial charge in [-0.1, -0.05) is 41.4 Å². The van der Waals surface area contributed by atoms with Crippen LogP contribution in [0.4, 0.5) is 23.0 Å². The van der Waals surface area contributed by atoms with E-state index < -0.39 is 0 Å². The third-order valence-electron chi connectivity index (χ3n) is 3.70. The largest absolute Gasteiger partial charge is 0.495 e. The number of methoxy groups -OCH3 is 1. The van der Waals surface area contributed by atoms with Gasteiger partial charge in [0.1, 0.15) is 17.8 Å². The molecule has 0 amide bonds. The molecule has 0 saturated carbocycles. The quantitative estimate of drug-likeness (QED) is 0.564. The van der Waals surface area contributed by atoms with E-state index in [4.69, 9.17) is 33.7 Å². The molecular formula is C18H17Cl2N5O. The minimum Gasteiger partial charge on any atom is -0.495 e. The van der Waals surface area contributed by atoms with E-state index >= 15 is 0 Å². The summed E-state index contributed by atoms with van der Waals surface area (Å²) >= 11 is 12.2. The Labute approximate surface area is 161 Å². The first-order chi connectivity index (χ1) is 12.6. The Morgan fingerprint density at radius 2 is 1.85 bits per heavy atom. The van der Waals surface area contributed by atoms with Gasteiger partial charge >= 0.3 is 0 Å². The molecule has 1 heterocycles. The maximum absolute atomic E-state index is 6.21. The molecule has 0 aliphatic rings. The van der Waals surface area contributed by atoms with Crippen molar-refractivity contribution in [2.24, 2.45) is 0 Å². The first-order valence-corrected chi connectivity index (χ1v) is 8.52. The van der Waals surface area contributed by atoms with Gasteiger partial charge in [0, 0.05) is 16.6 Å². The molecule has 6 nitrogen and oxygen atoms in total. The highest BCUT2D eigenvalue weighted by Crippen LogP contribution is 2.33. The van der Waals surface area contributed by atoms with Crippen LogP contribution < -0.4 is 21.1 Å². The molecule has 26 heavy (non-hydrogen) atoms. The smallest absolute Gasteiger partial charge is 0.159 e. The molecule has 0 radical (unpaired) electrons. The maximum atomic E-state index is 6.21. The van der Waals surface area contributed by atoms with Gasteiger partial charge in [-0.3, -0.25) is 0 Å². The zero-order chi connectivity index (χ0) is 18.5. The molecule has 1 aromatic heterocycles. The van der Waals surface area contributed by atoms with Crippen molar-refractivity contribution < 1.29 is 4.74 Å². The Kier molecular flexibility index (Phi) is 5.65. The van der Waals surface area contributed by atoms with Crippen molar-refractivity contribution in [3.05, 3.63) is 64.4 Å². The number of nitrogens with one attached hydrogen (secondary N) is 2. The molecule has 4 N–H and O–H groups in total. The number of nitrogens with zero attached hydrogens (tertiary/aromatic N) is 2. The molecule has 0 spiro atoms. The lowest BCUT2D eigenvalue weighted by atomic mass is 10.2. The van der Waals surface area contributed by atoms with Crippen LogP contribution in [0.1, 0.15) is 5.56 Å². The van der Waals surface area contributed by atoms with Crippen molar-refractivity contribution >= 4 is 46.2 Å². The van der Waals surface area contributed by atoms with Crippen LogP contribution in [-0.4, -0.2) is 17.1 Å². The summed E-state index contributed by atoms with van der Waals surface area (Å²) in [5.74, 6) is 1.57. The summed E-state index contributed by atoms with van der Waals surface area (Å²) in [6, 6.07) is 12.8. The number of nitrogen functional groups attached to an aromatic ring is 1. The Balaban J connectivity index is 1.81. The predicted molar refractivity (Wildman–Crippen MR) is 107 cm³/mol. The van der Waals surface area contributed by atoms with E-state index in [2.05, 4.69) is 20.6 Å². The zero-order valence-electron chi connectivity index (χ0n) is 14.0. The minimum absolute atomic E-state index is 0.376. The minimum atomic E-state index is 0.376. The van der Waals surface area contributed by atoms with E-state index in [-0.39, 0.29) is 0 Å². The number of hydrogen-bond acceptors (Lipinski definition) is 6. The standard InChI is InChI=1S/C18H17Cl2N5O/c1-26-15-7-6-12(19)8-14(15)25-18-16(21)17(23-10-24-18)22-9-11-4-2-3-5-13(11)20/h2-8,10H,9,21H2,1H3,(H2,22,23,24,25). The number of aromatic nitrogens is 2. The van der Waals surface area contributed by atoms with E-state index in [1.807, 2.05) is 24.3 Å². The second-order valence-electron chi connectivity index (χ2n) is 5.40. The third kappa shape index (κ3) is 4.09. The molecule has 8 heteroatoms. The van der Waals surface area contributed by atoms with Crippen LogP contribution in [0, 0.1) is 0 Å². The fourth-order valence-electron chi connectivity index (χ4n) is 2.36. The molecule has 0 fully saturated rings. The molecule has 0 aliphatic carbocycles. The normalized spacial score (nSPS) is 10.4. The fourth-order valence-corrected chi connectivity index (χ4v) is 2.74. The van der Waals surface area contributed by atoms with Gasteiger partial charge in [0.05, 0.1) is 12.8 Å². The summed E-state index contributed by atoms with van der Waals surface area (Å²) in [4.78, 5) is 8.40.